The fourth-order valence-corrected chi connectivity index (χ4v) is 5.20. The number of fused-ring (bicyclic) bond motifs is 2. The smallest absolute Gasteiger partial charge is 0.268 e. The van der Waals surface area contributed by atoms with Gasteiger partial charge in [0.2, 0.25) is 0 Å². The summed E-state index contributed by atoms with van der Waals surface area (Å²) in [5.41, 5.74) is 0.932. The Bertz CT molecular complexity index is 1440. The van der Waals surface area contributed by atoms with Gasteiger partial charge in [0.1, 0.15) is 0 Å². The fourth-order valence-electron chi connectivity index (χ4n) is 3.93. The van der Waals surface area contributed by atoms with Gasteiger partial charge in [0.15, 0.2) is 16.0 Å². The highest BCUT2D eigenvalue weighted by Gasteiger charge is 2.40. The maximum absolute atomic E-state index is 13.2. The van der Waals surface area contributed by atoms with Gasteiger partial charge in [-0.1, -0.05) is 12.1 Å². The lowest BCUT2D eigenvalue weighted by molar-refractivity contribution is 0.0910. The van der Waals surface area contributed by atoms with Crippen molar-refractivity contribution >= 4 is 62.3 Å². The highest BCUT2D eigenvalue weighted by Crippen LogP contribution is 2.32. The summed E-state index contributed by atoms with van der Waals surface area (Å²) in [6, 6.07) is 8.52. The summed E-state index contributed by atoms with van der Waals surface area (Å²) in [7, 11) is 0. The predicted octanol–water partition coefficient (Wildman–Crippen LogP) is 3.43. The standard InChI is InChI=1S/C23H10N4O5S2/c28-17(11-1-3-13-15(9-11)20(31)26(18(13)29)22-24-5-7-33-22)12-2-4-14-16(10-12)21(32)27(19(14)30)23-25-6-8-34-23/h1-10H. The average Bonchev–Trinajstić information content (AvgIpc) is 3.64. The molecule has 0 spiro atoms. The number of benzene rings is 2. The zero-order chi connectivity index (χ0) is 23.6. The Labute approximate surface area is 198 Å². The van der Waals surface area contributed by atoms with Gasteiger partial charge in [-0.2, -0.15) is 0 Å². The lowest BCUT2D eigenvalue weighted by Crippen LogP contribution is -2.29. The molecule has 11 heteroatoms. The van der Waals surface area contributed by atoms with E-state index in [1.165, 1.54) is 48.8 Å². The summed E-state index contributed by atoms with van der Waals surface area (Å²) in [5, 5.41) is 3.82. The molecule has 2 aromatic heterocycles. The minimum Gasteiger partial charge on any atom is -0.289 e. The third kappa shape index (κ3) is 2.81. The fraction of sp³-hybridized carbons (Fsp3) is 0. The van der Waals surface area contributed by atoms with Gasteiger partial charge in [-0.3, -0.25) is 24.0 Å². The number of nitrogens with zero attached hydrogens (tertiary/aromatic N) is 4. The van der Waals surface area contributed by atoms with E-state index in [1.54, 1.807) is 10.8 Å². The first kappa shape index (κ1) is 20.3. The topological polar surface area (TPSA) is 118 Å². The molecule has 0 fully saturated rings. The summed E-state index contributed by atoms with van der Waals surface area (Å²) in [4.78, 5) is 74.3. The van der Waals surface area contributed by atoms with Gasteiger partial charge in [-0.05, 0) is 24.3 Å². The van der Waals surface area contributed by atoms with E-state index in [9.17, 15) is 24.0 Å². The molecule has 0 unspecified atom stereocenters. The van der Waals surface area contributed by atoms with Gasteiger partial charge in [0, 0.05) is 34.3 Å². The second-order valence-corrected chi connectivity index (χ2v) is 9.12. The normalized spacial score (nSPS) is 14.7. The molecule has 0 atom stereocenters. The molecule has 2 aliphatic rings. The third-order valence-corrected chi connectivity index (χ3v) is 7.03. The van der Waals surface area contributed by atoms with Gasteiger partial charge in [-0.25, -0.2) is 19.8 Å². The van der Waals surface area contributed by atoms with Crippen LogP contribution >= 0.6 is 22.7 Å². The summed E-state index contributed by atoms with van der Waals surface area (Å²) in [5.74, 6) is -2.57. The lowest BCUT2D eigenvalue weighted by Gasteiger charge is -2.08. The van der Waals surface area contributed by atoms with Crippen molar-refractivity contribution in [1.29, 1.82) is 0 Å². The van der Waals surface area contributed by atoms with Crippen molar-refractivity contribution in [2.45, 2.75) is 0 Å². The van der Waals surface area contributed by atoms with E-state index in [4.69, 9.17) is 0 Å². The highest BCUT2D eigenvalue weighted by atomic mass is 32.1. The summed E-state index contributed by atoms with van der Waals surface area (Å²) < 4.78 is 0. The number of imide groups is 2. The summed E-state index contributed by atoms with van der Waals surface area (Å²) >= 11 is 2.31. The molecule has 4 aromatic rings. The van der Waals surface area contributed by atoms with Crippen molar-refractivity contribution < 1.29 is 24.0 Å². The van der Waals surface area contributed by atoms with Crippen molar-refractivity contribution in [3.8, 4) is 0 Å². The molecule has 0 saturated carbocycles. The Kier molecular flexibility index (Phi) is 4.37. The van der Waals surface area contributed by atoms with Gasteiger partial charge < -0.3 is 0 Å². The molecule has 164 valence electrons. The second-order valence-electron chi connectivity index (χ2n) is 7.37. The van der Waals surface area contributed by atoms with E-state index < -0.39 is 29.4 Å². The van der Waals surface area contributed by atoms with E-state index in [0.717, 1.165) is 32.5 Å². The maximum atomic E-state index is 13.2. The molecule has 0 bridgehead atoms. The molecule has 2 aliphatic heterocycles. The minimum absolute atomic E-state index is 0.105. The summed E-state index contributed by atoms with van der Waals surface area (Å²) in [6.07, 6.45) is 2.99. The Hall–Kier alpha value is -4.35. The maximum Gasteiger partial charge on any atom is 0.268 e. The molecular weight excluding hydrogens is 476 g/mol. The van der Waals surface area contributed by atoms with Crippen LogP contribution in [0, 0.1) is 0 Å². The Morgan fingerprint density at radius 3 is 1.41 bits per heavy atom. The van der Waals surface area contributed by atoms with Crippen LogP contribution in [0.3, 0.4) is 0 Å². The van der Waals surface area contributed by atoms with Crippen molar-refractivity contribution in [2.75, 3.05) is 9.80 Å². The summed E-state index contributed by atoms with van der Waals surface area (Å²) in [6.45, 7) is 0. The quantitative estimate of drug-likeness (QED) is 0.320. The molecule has 2 aromatic carbocycles. The van der Waals surface area contributed by atoms with Crippen LogP contribution in [0.4, 0.5) is 10.3 Å². The van der Waals surface area contributed by atoms with Crippen molar-refractivity contribution in [2.24, 2.45) is 0 Å². The predicted molar refractivity (Wildman–Crippen MR) is 123 cm³/mol. The monoisotopic (exact) mass is 486 g/mol. The first-order chi connectivity index (χ1) is 16.5. The van der Waals surface area contributed by atoms with Crippen LogP contribution in [-0.4, -0.2) is 39.4 Å². The number of hydrogen-bond acceptors (Lipinski definition) is 9. The number of amides is 4. The van der Waals surface area contributed by atoms with E-state index >= 15 is 0 Å². The first-order valence-electron chi connectivity index (χ1n) is 9.85. The number of rotatable bonds is 4. The van der Waals surface area contributed by atoms with Crippen molar-refractivity contribution in [3.63, 3.8) is 0 Å². The number of thiazole rings is 2. The van der Waals surface area contributed by atoms with Crippen LogP contribution in [-0.2, 0) is 0 Å². The third-order valence-electron chi connectivity index (χ3n) is 5.52. The van der Waals surface area contributed by atoms with Crippen LogP contribution < -0.4 is 9.80 Å². The molecule has 4 amide bonds. The molecule has 34 heavy (non-hydrogen) atoms. The SMILES string of the molecule is O=C(c1ccc2c(c1)C(=O)N(c1nccs1)C2=O)c1ccc2c(c1)C(=O)N(c1nccs1)C2=O. The van der Waals surface area contributed by atoms with Crippen LogP contribution in [0.25, 0.3) is 0 Å². The largest absolute Gasteiger partial charge is 0.289 e. The molecule has 9 nitrogen and oxygen atoms in total. The van der Waals surface area contributed by atoms with E-state index in [0.29, 0.717) is 0 Å². The zero-order valence-electron chi connectivity index (χ0n) is 16.9. The van der Waals surface area contributed by atoms with E-state index in [1.807, 2.05) is 0 Å². The molecular formula is C23H10N4O5S2. The van der Waals surface area contributed by atoms with E-state index in [2.05, 4.69) is 9.97 Å². The van der Waals surface area contributed by atoms with Crippen LogP contribution in [0.15, 0.2) is 59.6 Å². The van der Waals surface area contributed by atoms with Gasteiger partial charge >= 0.3 is 0 Å². The number of ketones is 1. The molecule has 4 heterocycles. The number of hydrogen-bond donors (Lipinski definition) is 0. The van der Waals surface area contributed by atoms with Gasteiger partial charge in [-0.15, -0.1) is 22.7 Å². The number of anilines is 2. The second kappa shape index (κ2) is 7.33. The van der Waals surface area contributed by atoms with Crippen LogP contribution in [0.5, 0.6) is 0 Å². The van der Waals surface area contributed by atoms with E-state index in [-0.39, 0.29) is 43.6 Å². The lowest BCUT2D eigenvalue weighted by atomic mass is 9.96. The minimum atomic E-state index is -0.557. The Morgan fingerprint density at radius 1 is 0.618 bits per heavy atom. The molecule has 0 saturated heterocycles. The average molecular weight is 486 g/mol. The number of carbonyl (C=O) groups excluding carboxylic acids is 5. The number of carbonyl (C=O) groups is 5. The Balaban J connectivity index is 1.34. The van der Waals surface area contributed by atoms with Crippen LogP contribution in [0.1, 0.15) is 57.4 Å². The highest BCUT2D eigenvalue weighted by molar-refractivity contribution is 7.14. The zero-order valence-corrected chi connectivity index (χ0v) is 18.6. The molecule has 0 N–H and O–H groups in total. The first-order valence-corrected chi connectivity index (χ1v) is 11.6. The van der Waals surface area contributed by atoms with Crippen LogP contribution in [0.2, 0.25) is 0 Å². The van der Waals surface area contributed by atoms with Gasteiger partial charge in [0.05, 0.1) is 22.3 Å². The molecule has 6 rings (SSSR count). The van der Waals surface area contributed by atoms with Crippen molar-refractivity contribution in [3.05, 3.63) is 92.9 Å². The van der Waals surface area contributed by atoms with Crippen molar-refractivity contribution in [1.82, 2.24) is 9.97 Å². The Morgan fingerprint density at radius 2 is 1.03 bits per heavy atom. The molecule has 0 radical (unpaired) electrons. The number of aromatic nitrogens is 2. The van der Waals surface area contributed by atoms with Gasteiger partial charge in [0.25, 0.3) is 23.6 Å². The molecule has 0 aliphatic carbocycles.